The number of nitrogens with one attached hydrogen (secondary N) is 1. The van der Waals surface area contributed by atoms with Gasteiger partial charge in [0, 0.05) is 16.7 Å². The third kappa shape index (κ3) is 4.35. The van der Waals surface area contributed by atoms with E-state index in [1.165, 1.54) is 11.0 Å². The van der Waals surface area contributed by atoms with Crippen LogP contribution in [-0.4, -0.2) is 57.2 Å². The molecule has 29 heavy (non-hydrogen) atoms. The second-order valence-corrected chi connectivity index (χ2v) is 7.12. The van der Waals surface area contributed by atoms with Crippen molar-refractivity contribution in [3.63, 3.8) is 0 Å². The van der Waals surface area contributed by atoms with E-state index in [1.54, 1.807) is 37.3 Å². The first-order chi connectivity index (χ1) is 14.0. The molecule has 1 saturated heterocycles. The lowest BCUT2D eigenvalue weighted by atomic mass is 10.0. The number of carboxylic acid groups (broad SMARTS) is 1. The highest BCUT2D eigenvalue weighted by Gasteiger charge is 2.29. The van der Waals surface area contributed by atoms with Crippen LogP contribution in [0.15, 0.2) is 42.5 Å². The van der Waals surface area contributed by atoms with Crippen LogP contribution in [0.5, 0.6) is 11.5 Å². The number of amides is 1. The lowest BCUT2D eigenvalue weighted by Gasteiger charge is -2.36. The van der Waals surface area contributed by atoms with Crippen LogP contribution >= 0.6 is 0 Å². The Bertz CT molecular complexity index is 891. The zero-order valence-electron chi connectivity index (χ0n) is 16.9. The molecular weight excluding hydrogens is 372 g/mol. The predicted molar refractivity (Wildman–Crippen MR) is 105 cm³/mol. The van der Waals surface area contributed by atoms with Crippen LogP contribution in [0.2, 0.25) is 0 Å². The first-order valence-electron chi connectivity index (χ1n) is 9.62. The number of hydrogen-bond donors (Lipinski definition) is 1. The van der Waals surface area contributed by atoms with Crippen LogP contribution in [-0.2, 0) is 0 Å². The standard InChI is InChI=1S/C22H26N2O5/c1-15(16-8-9-19(28-2)20(14-16)29-3)23-10-12-24(13-11-23)21(25)17-6-4-5-7-18(17)22(26)27/h4-9,14-15H,10-13H2,1-3H3,(H,26,27)/t15-/m1/s1. The van der Waals surface area contributed by atoms with E-state index in [-0.39, 0.29) is 23.1 Å². The molecule has 0 aliphatic carbocycles. The summed E-state index contributed by atoms with van der Waals surface area (Å²) in [5, 5.41) is 11.3. The van der Waals surface area contributed by atoms with Crippen molar-refractivity contribution >= 4 is 11.9 Å². The molecule has 2 aromatic carbocycles. The average molecular weight is 398 g/mol. The van der Waals surface area contributed by atoms with Crippen molar-refractivity contribution < 1.29 is 29.1 Å². The number of aromatic carboxylic acids is 1. The SMILES string of the molecule is COc1ccc([C@@H](C)[NH+]2CCN(C(=O)c3ccccc3C(=O)[O-])CC2)cc1OC. The molecule has 0 aromatic heterocycles. The van der Waals surface area contributed by atoms with Crippen LogP contribution in [0.1, 0.15) is 39.2 Å². The van der Waals surface area contributed by atoms with Crippen molar-refractivity contribution in [2.75, 3.05) is 40.4 Å². The molecule has 1 fully saturated rings. The molecule has 2 aromatic rings. The Balaban J connectivity index is 1.68. The normalized spacial score (nSPS) is 15.6. The first-order valence-corrected chi connectivity index (χ1v) is 9.62. The lowest BCUT2D eigenvalue weighted by molar-refractivity contribution is -0.933. The van der Waals surface area contributed by atoms with Gasteiger partial charge in [-0.2, -0.15) is 0 Å². The Morgan fingerprint density at radius 1 is 1.00 bits per heavy atom. The average Bonchev–Trinajstić information content (AvgIpc) is 2.77. The molecule has 0 bridgehead atoms. The fourth-order valence-corrected chi connectivity index (χ4v) is 3.81. The van der Waals surface area contributed by atoms with Crippen LogP contribution in [0, 0.1) is 0 Å². The number of benzene rings is 2. The Kier molecular flexibility index (Phi) is 6.39. The maximum absolute atomic E-state index is 12.8. The molecule has 1 N–H and O–H groups in total. The number of quaternary nitrogens is 1. The Morgan fingerprint density at radius 2 is 1.62 bits per heavy atom. The molecule has 1 amide bonds. The fraction of sp³-hybridized carbons (Fsp3) is 0.364. The third-order valence-electron chi connectivity index (χ3n) is 5.59. The fourth-order valence-electron chi connectivity index (χ4n) is 3.81. The summed E-state index contributed by atoms with van der Waals surface area (Å²) in [7, 11) is 3.23. The minimum atomic E-state index is -1.33. The van der Waals surface area contributed by atoms with Crippen molar-refractivity contribution in [2.24, 2.45) is 0 Å². The number of rotatable bonds is 6. The minimum Gasteiger partial charge on any atom is -0.545 e. The van der Waals surface area contributed by atoms with Gasteiger partial charge >= 0.3 is 0 Å². The maximum atomic E-state index is 12.8. The molecule has 0 spiro atoms. The largest absolute Gasteiger partial charge is 0.545 e. The number of methoxy groups -OCH3 is 2. The number of nitrogens with zero attached hydrogens (tertiary/aromatic N) is 1. The van der Waals surface area contributed by atoms with Gasteiger partial charge in [-0.25, -0.2) is 0 Å². The van der Waals surface area contributed by atoms with Gasteiger partial charge < -0.3 is 29.2 Å². The highest BCUT2D eigenvalue weighted by molar-refractivity contribution is 6.04. The molecule has 1 aliphatic rings. The van der Waals surface area contributed by atoms with E-state index in [0.717, 1.165) is 18.7 Å². The number of carbonyl (C=O) groups is 2. The van der Waals surface area contributed by atoms with Gasteiger partial charge in [0.2, 0.25) is 0 Å². The highest BCUT2D eigenvalue weighted by Crippen LogP contribution is 2.29. The Hall–Kier alpha value is -3.06. The Labute approximate surface area is 170 Å². The highest BCUT2D eigenvalue weighted by atomic mass is 16.5. The van der Waals surface area contributed by atoms with Crippen molar-refractivity contribution in [1.82, 2.24) is 4.90 Å². The minimum absolute atomic E-state index is 0.0639. The summed E-state index contributed by atoms with van der Waals surface area (Å²) in [6.45, 7) is 4.82. The summed E-state index contributed by atoms with van der Waals surface area (Å²) in [6, 6.07) is 12.4. The molecule has 0 unspecified atom stereocenters. The molecule has 154 valence electrons. The smallest absolute Gasteiger partial charge is 0.254 e. The molecule has 7 heteroatoms. The van der Waals surface area contributed by atoms with Gasteiger partial charge in [-0.1, -0.05) is 18.2 Å². The Morgan fingerprint density at radius 3 is 2.21 bits per heavy atom. The van der Waals surface area contributed by atoms with E-state index in [2.05, 4.69) is 6.92 Å². The van der Waals surface area contributed by atoms with Gasteiger partial charge in [0.05, 0.1) is 46.4 Å². The van der Waals surface area contributed by atoms with Gasteiger partial charge in [-0.15, -0.1) is 0 Å². The van der Waals surface area contributed by atoms with Gasteiger partial charge in [-0.05, 0) is 31.2 Å². The number of ether oxygens (including phenoxy) is 2. The second-order valence-electron chi connectivity index (χ2n) is 7.12. The lowest BCUT2D eigenvalue weighted by Crippen LogP contribution is -3.14. The van der Waals surface area contributed by atoms with Crippen LogP contribution in [0.25, 0.3) is 0 Å². The third-order valence-corrected chi connectivity index (χ3v) is 5.59. The topological polar surface area (TPSA) is 83.3 Å². The summed E-state index contributed by atoms with van der Waals surface area (Å²) < 4.78 is 10.7. The predicted octanol–water partition coefficient (Wildman–Crippen LogP) is 0.169. The zero-order valence-corrected chi connectivity index (χ0v) is 16.9. The van der Waals surface area contributed by atoms with E-state index in [4.69, 9.17) is 9.47 Å². The van der Waals surface area contributed by atoms with Crippen LogP contribution < -0.4 is 19.5 Å². The molecule has 3 rings (SSSR count). The van der Waals surface area contributed by atoms with Crippen molar-refractivity contribution in [2.45, 2.75) is 13.0 Å². The molecule has 0 saturated carbocycles. The van der Waals surface area contributed by atoms with Gasteiger partial charge in [-0.3, -0.25) is 4.79 Å². The molecule has 0 radical (unpaired) electrons. The number of carboxylic acids is 1. The van der Waals surface area contributed by atoms with Gasteiger partial charge in [0.1, 0.15) is 6.04 Å². The van der Waals surface area contributed by atoms with E-state index in [1.807, 2.05) is 18.2 Å². The van der Waals surface area contributed by atoms with E-state index < -0.39 is 5.97 Å². The number of carbonyl (C=O) groups excluding carboxylic acids is 2. The molecule has 1 atom stereocenters. The number of hydrogen-bond acceptors (Lipinski definition) is 5. The molecule has 7 nitrogen and oxygen atoms in total. The summed E-state index contributed by atoms with van der Waals surface area (Å²) in [6.07, 6.45) is 0. The van der Waals surface area contributed by atoms with Crippen molar-refractivity contribution in [3.05, 3.63) is 59.2 Å². The van der Waals surface area contributed by atoms with Crippen LogP contribution in [0.4, 0.5) is 0 Å². The van der Waals surface area contributed by atoms with Gasteiger partial charge in [0.25, 0.3) is 5.91 Å². The second kappa shape index (κ2) is 8.96. The van der Waals surface area contributed by atoms with Crippen LogP contribution in [0.3, 0.4) is 0 Å². The summed E-state index contributed by atoms with van der Waals surface area (Å²) >= 11 is 0. The maximum Gasteiger partial charge on any atom is 0.254 e. The molecular formula is C22H26N2O5. The number of piperazine rings is 1. The monoisotopic (exact) mass is 398 g/mol. The summed E-state index contributed by atoms with van der Waals surface area (Å²) in [5.41, 5.74) is 1.26. The molecule has 1 heterocycles. The van der Waals surface area contributed by atoms with Crippen molar-refractivity contribution in [3.8, 4) is 11.5 Å². The van der Waals surface area contributed by atoms with E-state index in [9.17, 15) is 14.7 Å². The summed E-state index contributed by atoms with van der Waals surface area (Å²) in [4.78, 5) is 27.2. The zero-order chi connectivity index (χ0) is 21.0. The van der Waals surface area contributed by atoms with E-state index >= 15 is 0 Å². The quantitative estimate of drug-likeness (QED) is 0.750. The summed E-state index contributed by atoms with van der Waals surface area (Å²) in [5.74, 6) is -0.202. The first kappa shape index (κ1) is 20.7. The van der Waals surface area contributed by atoms with E-state index in [0.29, 0.717) is 24.6 Å². The van der Waals surface area contributed by atoms with Crippen molar-refractivity contribution in [1.29, 1.82) is 0 Å². The van der Waals surface area contributed by atoms with Gasteiger partial charge in [0.15, 0.2) is 11.5 Å². The molecule has 1 aliphatic heterocycles.